The number of methoxy groups -OCH3 is 1. The molecule has 13 heteroatoms. The Balaban J connectivity index is 1.57. The summed E-state index contributed by atoms with van der Waals surface area (Å²) in [4.78, 5) is 31.2. The quantitative estimate of drug-likeness (QED) is 0.374. The Morgan fingerprint density at radius 1 is 1.08 bits per heavy atom. The van der Waals surface area contributed by atoms with Gasteiger partial charge in [0, 0.05) is 25.8 Å². The van der Waals surface area contributed by atoms with E-state index in [1.165, 1.54) is 36.3 Å². The number of benzene rings is 1. The van der Waals surface area contributed by atoms with Gasteiger partial charge in [-0.05, 0) is 50.1 Å². The Kier molecular flexibility index (Phi) is 8.15. The van der Waals surface area contributed by atoms with Crippen LogP contribution in [-0.2, 0) is 29.0 Å². The van der Waals surface area contributed by atoms with E-state index in [1.54, 1.807) is 19.1 Å². The molecular formula is C24H29N3O9S. The summed E-state index contributed by atoms with van der Waals surface area (Å²) in [6.07, 6.45) is 1.48. The SMILES string of the molecule is CCOC(=O)[C@H]1[C@@H]2CC[C@H](CN1S(=O)(=O)c1ccc(Oc3ccc(O)cc3)nc1)N2C(=O)OCCOC. The fourth-order valence-electron chi connectivity index (χ4n) is 4.59. The Bertz CT molecular complexity index is 1200. The lowest BCUT2D eigenvalue weighted by atomic mass is 10.1. The highest BCUT2D eigenvalue weighted by molar-refractivity contribution is 7.89. The molecule has 1 aromatic heterocycles. The number of esters is 1. The second kappa shape index (κ2) is 11.3. The van der Waals surface area contributed by atoms with E-state index in [1.807, 2.05) is 0 Å². The molecule has 0 saturated carbocycles. The van der Waals surface area contributed by atoms with Crippen LogP contribution < -0.4 is 4.74 Å². The number of amides is 1. The Morgan fingerprint density at radius 2 is 1.84 bits per heavy atom. The average Bonchev–Trinajstić information content (AvgIpc) is 3.18. The molecule has 200 valence electrons. The van der Waals surface area contributed by atoms with E-state index in [9.17, 15) is 23.1 Å². The van der Waals surface area contributed by atoms with Crippen LogP contribution in [0.2, 0.25) is 0 Å². The number of hydrogen-bond donors (Lipinski definition) is 1. The number of phenols is 1. The summed E-state index contributed by atoms with van der Waals surface area (Å²) in [7, 11) is -2.70. The van der Waals surface area contributed by atoms with Crippen LogP contribution in [0.5, 0.6) is 17.4 Å². The highest BCUT2D eigenvalue weighted by Crippen LogP contribution is 2.38. The molecule has 0 aliphatic carbocycles. The summed E-state index contributed by atoms with van der Waals surface area (Å²) < 4.78 is 49.4. The van der Waals surface area contributed by atoms with Crippen molar-refractivity contribution in [3.8, 4) is 17.4 Å². The second-order valence-corrected chi connectivity index (χ2v) is 10.4. The van der Waals surface area contributed by atoms with Gasteiger partial charge in [0.1, 0.15) is 29.0 Å². The van der Waals surface area contributed by atoms with Crippen molar-refractivity contribution in [1.82, 2.24) is 14.2 Å². The monoisotopic (exact) mass is 535 g/mol. The molecule has 3 heterocycles. The summed E-state index contributed by atoms with van der Waals surface area (Å²) in [5.74, 6) is -0.0924. The van der Waals surface area contributed by atoms with E-state index in [0.717, 1.165) is 10.5 Å². The molecule has 12 nitrogen and oxygen atoms in total. The molecule has 2 aliphatic heterocycles. The molecule has 0 radical (unpaired) electrons. The van der Waals surface area contributed by atoms with Gasteiger partial charge in [-0.3, -0.25) is 9.69 Å². The van der Waals surface area contributed by atoms with Crippen LogP contribution in [0.25, 0.3) is 0 Å². The molecule has 2 aliphatic rings. The first kappa shape index (κ1) is 26.6. The van der Waals surface area contributed by atoms with Crippen LogP contribution in [0.4, 0.5) is 4.79 Å². The van der Waals surface area contributed by atoms with Gasteiger partial charge in [-0.15, -0.1) is 0 Å². The zero-order valence-electron chi connectivity index (χ0n) is 20.5. The first-order valence-corrected chi connectivity index (χ1v) is 13.3. The number of aromatic hydroxyl groups is 1. The number of piperazine rings is 1. The van der Waals surface area contributed by atoms with E-state index in [4.69, 9.17) is 18.9 Å². The van der Waals surface area contributed by atoms with Crippen LogP contribution in [0.15, 0.2) is 47.5 Å². The van der Waals surface area contributed by atoms with Gasteiger partial charge in [0.2, 0.25) is 15.9 Å². The molecule has 1 amide bonds. The summed E-state index contributed by atoms with van der Waals surface area (Å²) in [6, 6.07) is 6.31. The van der Waals surface area contributed by atoms with E-state index in [0.29, 0.717) is 18.6 Å². The fourth-order valence-corrected chi connectivity index (χ4v) is 6.18. The lowest BCUT2D eigenvalue weighted by molar-refractivity contribution is -0.151. The van der Waals surface area contributed by atoms with Crippen molar-refractivity contribution >= 4 is 22.1 Å². The predicted molar refractivity (Wildman–Crippen MR) is 129 cm³/mol. The number of pyridine rings is 1. The van der Waals surface area contributed by atoms with Crippen molar-refractivity contribution in [2.45, 2.75) is 42.8 Å². The molecular weight excluding hydrogens is 506 g/mol. The maximum absolute atomic E-state index is 13.7. The molecule has 2 aromatic rings. The molecule has 2 fully saturated rings. The molecule has 2 bridgehead atoms. The molecule has 0 spiro atoms. The van der Waals surface area contributed by atoms with Gasteiger partial charge in [-0.1, -0.05) is 0 Å². The maximum atomic E-state index is 13.7. The van der Waals surface area contributed by atoms with E-state index >= 15 is 0 Å². The molecule has 1 N–H and O–H groups in total. The summed E-state index contributed by atoms with van der Waals surface area (Å²) >= 11 is 0. The van der Waals surface area contributed by atoms with Gasteiger partial charge < -0.3 is 24.1 Å². The third kappa shape index (κ3) is 5.63. The van der Waals surface area contributed by atoms with E-state index < -0.39 is 40.2 Å². The molecule has 4 rings (SSSR count). The first-order valence-electron chi connectivity index (χ1n) is 11.8. The number of sulfonamides is 1. The highest BCUT2D eigenvalue weighted by Gasteiger charge is 2.55. The lowest BCUT2D eigenvalue weighted by Crippen LogP contribution is -2.65. The predicted octanol–water partition coefficient (Wildman–Crippen LogP) is 2.13. The zero-order valence-corrected chi connectivity index (χ0v) is 21.3. The first-order chi connectivity index (χ1) is 17.8. The number of carbonyl (C=O) groups excluding carboxylic acids is 2. The lowest BCUT2D eigenvalue weighted by Gasteiger charge is -2.43. The van der Waals surface area contributed by atoms with Crippen molar-refractivity contribution in [1.29, 1.82) is 0 Å². The minimum absolute atomic E-state index is 0.0432. The molecule has 1 aromatic carbocycles. The second-order valence-electron chi connectivity index (χ2n) is 8.51. The van der Waals surface area contributed by atoms with E-state index in [-0.39, 0.29) is 42.9 Å². The number of nitrogens with zero attached hydrogens (tertiary/aromatic N) is 3. The summed E-state index contributed by atoms with van der Waals surface area (Å²) in [6.45, 7) is 1.86. The topological polar surface area (TPSA) is 145 Å². The number of carbonyl (C=O) groups is 2. The van der Waals surface area contributed by atoms with Crippen molar-refractivity contribution in [3.05, 3.63) is 42.6 Å². The minimum Gasteiger partial charge on any atom is -0.508 e. The van der Waals surface area contributed by atoms with Crippen LogP contribution >= 0.6 is 0 Å². The van der Waals surface area contributed by atoms with Crippen LogP contribution in [0, 0.1) is 0 Å². The Morgan fingerprint density at radius 3 is 2.49 bits per heavy atom. The van der Waals surface area contributed by atoms with Gasteiger partial charge in [0.05, 0.1) is 25.5 Å². The standard InChI is InChI=1S/C24H29N3O9S/c1-3-34-23(29)22-20-10-4-16(27(20)24(30)35-13-12-33-2)15-26(22)37(31,32)19-9-11-21(25-14-19)36-18-7-5-17(28)6-8-18/h5-9,11,14,16,20,22,28H,3-4,10,12-13,15H2,1-2H3/t16-,20+,22-/m1/s1. The number of hydrogen-bond acceptors (Lipinski definition) is 10. The smallest absolute Gasteiger partial charge is 0.410 e. The third-order valence-corrected chi connectivity index (χ3v) is 8.07. The largest absolute Gasteiger partial charge is 0.508 e. The molecule has 2 saturated heterocycles. The third-order valence-electron chi connectivity index (χ3n) is 6.24. The van der Waals surface area contributed by atoms with Crippen LogP contribution in [-0.4, -0.2) is 91.4 Å². The van der Waals surface area contributed by atoms with Crippen LogP contribution in [0.1, 0.15) is 19.8 Å². The number of rotatable bonds is 9. The summed E-state index contributed by atoms with van der Waals surface area (Å²) in [5, 5.41) is 9.39. The minimum atomic E-state index is -4.18. The van der Waals surface area contributed by atoms with Crippen molar-refractivity contribution in [2.75, 3.05) is 33.5 Å². The highest BCUT2D eigenvalue weighted by atomic mass is 32.2. The number of aromatic nitrogens is 1. The van der Waals surface area contributed by atoms with Crippen molar-refractivity contribution < 1.29 is 42.1 Å². The normalized spacial score (nSPS) is 21.5. The fraction of sp³-hybridized carbons (Fsp3) is 0.458. The number of phenolic OH excluding ortho intramolecular Hbond substituents is 1. The van der Waals surface area contributed by atoms with E-state index in [2.05, 4.69) is 4.98 Å². The van der Waals surface area contributed by atoms with Crippen molar-refractivity contribution in [3.63, 3.8) is 0 Å². The summed E-state index contributed by atoms with van der Waals surface area (Å²) in [5.41, 5.74) is 0. The Labute approximate surface area is 214 Å². The molecule has 0 unspecified atom stereocenters. The van der Waals surface area contributed by atoms with Gasteiger partial charge in [0.15, 0.2) is 0 Å². The van der Waals surface area contributed by atoms with Gasteiger partial charge in [0.25, 0.3) is 0 Å². The Hall–Kier alpha value is -3.42. The van der Waals surface area contributed by atoms with Crippen LogP contribution in [0.3, 0.4) is 0 Å². The zero-order chi connectivity index (χ0) is 26.6. The maximum Gasteiger partial charge on any atom is 0.410 e. The van der Waals surface area contributed by atoms with Gasteiger partial charge >= 0.3 is 12.1 Å². The average molecular weight is 536 g/mol. The van der Waals surface area contributed by atoms with Crippen molar-refractivity contribution in [2.24, 2.45) is 0 Å². The number of ether oxygens (including phenoxy) is 4. The molecule has 37 heavy (non-hydrogen) atoms. The van der Waals surface area contributed by atoms with Gasteiger partial charge in [-0.25, -0.2) is 18.2 Å². The number of fused-ring (bicyclic) bond motifs is 2. The van der Waals surface area contributed by atoms with Gasteiger partial charge in [-0.2, -0.15) is 4.31 Å². The molecule has 3 atom stereocenters.